The van der Waals surface area contributed by atoms with E-state index in [4.69, 9.17) is 5.11 Å². The van der Waals surface area contributed by atoms with Crippen LogP contribution in [0.1, 0.15) is 11.3 Å². The van der Waals surface area contributed by atoms with Crippen LogP contribution in [-0.2, 0) is 26.3 Å². The van der Waals surface area contributed by atoms with Crippen LogP contribution in [-0.4, -0.2) is 31.3 Å². The smallest absolute Gasteiger partial charge is 0.394 e. The average molecular weight is 326 g/mol. The average Bonchev–Trinajstić information content (AvgIpc) is 2.93. The van der Waals surface area contributed by atoms with Gasteiger partial charge in [-0.25, -0.2) is 0 Å². The number of aryl methyl sites for hydroxylation is 1. The molecule has 0 unspecified atom stereocenters. The zero-order valence-electron chi connectivity index (χ0n) is 11.1. The standard InChI is InChI=1S/C11H14F3N5O.ClH/c1-18-7-8(10(17-18)11(12,13)14)6-15-9-2-3-19(16-9)4-5-20;/h2-3,7,20H,4-6H2,1H3,(H,15,16);1H. The zero-order chi connectivity index (χ0) is 14.8. The second kappa shape index (κ2) is 6.81. The number of halogens is 4. The van der Waals surface area contributed by atoms with Crippen LogP contribution in [0.2, 0.25) is 0 Å². The molecular weight excluding hydrogens is 311 g/mol. The van der Waals surface area contributed by atoms with E-state index in [1.54, 1.807) is 12.3 Å². The van der Waals surface area contributed by atoms with Crippen LogP contribution in [0.5, 0.6) is 0 Å². The minimum absolute atomic E-state index is 0. The fourth-order valence-electron chi connectivity index (χ4n) is 1.77. The van der Waals surface area contributed by atoms with Gasteiger partial charge >= 0.3 is 6.18 Å². The number of aromatic nitrogens is 4. The topological polar surface area (TPSA) is 67.9 Å². The molecule has 0 aliphatic rings. The number of nitrogens with one attached hydrogen (secondary N) is 1. The minimum atomic E-state index is -4.48. The zero-order valence-corrected chi connectivity index (χ0v) is 11.9. The third kappa shape index (κ3) is 4.36. The van der Waals surface area contributed by atoms with Gasteiger partial charge in [-0.3, -0.25) is 9.36 Å². The van der Waals surface area contributed by atoms with E-state index < -0.39 is 11.9 Å². The highest BCUT2D eigenvalue weighted by molar-refractivity contribution is 5.85. The van der Waals surface area contributed by atoms with Crippen molar-refractivity contribution in [3.05, 3.63) is 29.7 Å². The fourth-order valence-corrected chi connectivity index (χ4v) is 1.77. The Balaban J connectivity index is 0.00000220. The van der Waals surface area contributed by atoms with Gasteiger partial charge in [0.05, 0.1) is 13.2 Å². The summed E-state index contributed by atoms with van der Waals surface area (Å²) in [4.78, 5) is 0. The molecule has 0 atom stereocenters. The number of hydrogen-bond donors (Lipinski definition) is 2. The predicted octanol–water partition coefficient (Wildman–Crippen LogP) is 1.66. The molecular formula is C11H15ClF3N5O. The van der Waals surface area contributed by atoms with Crippen LogP contribution in [0.3, 0.4) is 0 Å². The number of aliphatic hydroxyl groups is 1. The van der Waals surface area contributed by atoms with E-state index in [2.05, 4.69) is 15.5 Å². The van der Waals surface area contributed by atoms with Crippen molar-refractivity contribution in [2.24, 2.45) is 7.05 Å². The second-order valence-corrected chi connectivity index (χ2v) is 4.22. The molecule has 2 N–H and O–H groups in total. The van der Waals surface area contributed by atoms with Crippen LogP contribution < -0.4 is 5.32 Å². The van der Waals surface area contributed by atoms with Gasteiger partial charge in [-0.2, -0.15) is 23.4 Å². The van der Waals surface area contributed by atoms with Crippen LogP contribution >= 0.6 is 12.4 Å². The highest BCUT2D eigenvalue weighted by Crippen LogP contribution is 2.30. The van der Waals surface area contributed by atoms with Crippen LogP contribution in [0.4, 0.5) is 19.0 Å². The van der Waals surface area contributed by atoms with Gasteiger partial charge in [-0.05, 0) is 0 Å². The monoisotopic (exact) mass is 325 g/mol. The summed E-state index contributed by atoms with van der Waals surface area (Å²) in [5.41, 5.74) is -0.848. The largest absolute Gasteiger partial charge is 0.435 e. The molecule has 21 heavy (non-hydrogen) atoms. The van der Waals surface area contributed by atoms with E-state index in [9.17, 15) is 13.2 Å². The summed E-state index contributed by atoms with van der Waals surface area (Å²) >= 11 is 0. The van der Waals surface area contributed by atoms with Crippen molar-refractivity contribution in [1.82, 2.24) is 19.6 Å². The number of hydrogen-bond acceptors (Lipinski definition) is 4. The Morgan fingerprint density at radius 2 is 2.05 bits per heavy atom. The van der Waals surface area contributed by atoms with Crippen molar-refractivity contribution >= 4 is 18.2 Å². The summed E-state index contributed by atoms with van der Waals surface area (Å²) in [6.45, 7) is 0.253. The van der Waals surface area contributed by atoms with Gasteiger partial charge in [0.2, 0.25) is 0 Å². The number of anilines is 1. The molecule has 0 aromatic carbocycles. The van der Waals surface area contributed by atoms with Gasteiger partial charge in [0.25, 0.3) is 0 Å². The number of alkyl halides is 3. The van der Waals surface area contributed by atoms with Gasteiger partial charge in [0.1, 0.15) is 5.82 Å². The second-order valence-electron chi connectivity index (χ2n) is 4.22. The lowest BCUT2D eigenvalue weighted by Crippen LogP contribution is -2.12. The Morgan fingerprint density at radius 1 is 1.33 bits per heavy atom. The molecule has 6 nitrogen and oxygen atoms in total. The summed E-state index contributed by atoms with van der Waals surface area (Å²) in [6, 6.07) is 1.62. The molecule has 0 bridgehead atoms. The number of aliphatic hydroxyl groups excluding tert-OH is 1. The lowest BCUT2D eigenvalue weighted by molar-refractivity contribution is -0.142. The van der Waals surface area contributed by atoms with E-state index in [0.717, 1.165) is 4.68 Å². The number of nitrogens with zero attached hydrogens (tertiary/aromatic N) is 4. The molecule has 0 fully saturated rings. The lowest BCUT2D eigenvalue weighted by Gasteiger charge is -2.06. The van der Waals surface area contributed by atoms with Crippen molar-refractivity contribution in [1.29, 1.82) is 0 Å². The molecule has 0 saturated carbocycles. The fraction of sp³-hybridized carbons (Fsp3) is 0.455. The summed E-state index contributed by atoms with van der Waals surface area (Å²) in [6.07, 6.45) is -1.53. The summed E-state index contributed by atoms with van der Waals surface area (Å²) in [7, 11) is 1.44. The van der Waals surface area contributed by atoms with E-state index >= 15 is 0 Å². The molecule has 118 valence electrons. The van der Waals surface area contributed by atoms with Gasteiger partial charge in [0.15, 0.2) is 5.69 Å². The highest BCUT2D eigenvalue weighted by Gasteiger charge is 2.36. The van der Waals surface area contributed by atoms with Gasteiger partial charge < -0.3 is 10.4 Å². The molecule has 0 saturated heterocycles. The van der Waals surface area contributed by atoms with Gasteiger partial charge in [-0.1, -0.05) is 0 Å². The van der Waals surface area contributed by atoms with E-state index in [1.807, 2.05) is 0 Å². The molecule has 0 spiro atoms. The molecule has 0 radical (unpaired) electrons. The van der Waals surface area contributed by atoms with Crippen molar-refractivity contribution in [3.8, 4) is 0 Å². The Bertz CT molecular complexity index is 581. The first-order valence-electron chi connectivity index (χ1n) is 5.88. The Hall–Kier alpha value is -1.74. The van der Waals surface area contributed by atoms with Crippen molar-refractivity contribution in [3.63, 3.8) is 0 Å². The quantitative estimate of drug-likeness (QED) is 0.877. The molecule has 10 heteroatoms. The van der Waals surface area contributed by atoms with Crippen LogP contribution in [0.25, 0.3) is 0 Å². The van der Waals surface area contributed by atoms with Crippen molar-refractivity contribution in [2.75, 3.05) is 11.9 Å². The molecule has 2 rings (SSSR count). The molecule has 0 aliphatic heterocycles. The van der Waals surface area contributed by atoms with Crippen molar-refractivity contribution < 1.29 is 18.3 Å². The molecule has 0 aliphatic carbocycles. The SMILES string of the molecule is Cl.Cn1cc(CNc2ccn(CCO)n2)c(C(F)(F)F)n1. The Morgan fingerprint density at radius 3 is 2.67 bits per heavy atom. The van der Waals surface area contributed by atoms with Gasteiger partial charge in [0, 0.05) is 37.6 Å². The van der Waals surface area contributed by atoms with Gasteiger partial charge in [-0.15, -0.1) is 12.4 Å². The molecule has 2 heterocycles. The maximum Gasteiger partial charge on any atom is 0.435 e. The van der Waals surface area contributed by atoms with Crippen molar-refractivity contribution in [2.45, 2.75) is 19.3 Å². The molecule has 2 aromatic heterocycles. The minimum Gasteiger partial charge on any atom is -0.394 e. The molecule has 2 aromatic rings. The first-order valence-corrected chi connectivity index (χ1v) is 5.88. The van der Waals surface area contributed by atoms with E-state index in [0.29, 0.717) is 12.4 Å². The summed E-state index contributed by atoms with van der Waals surface area (Å²) in [5, 5.41) is 19.0. The lowest BCUT2D eigenvalue weighted by atomic mass is 10.2. The first-order chi connectivity index (χ1) is 9.40. The third-order valence-corrected chi connectivity index (χ3v) is 2.60. The molecule has 0 amide bonds. The maximum absolute atomic E-state index is 12.7. The third-order valence-electron chi connectivity index (χ3n) is 2.60. The summed E-state index contributed by atoms with van der Waals surface area (Å²) < 4.78 is 40.8. The highest BCUT2D eigenvalue weighted by atomic mass is 35.5. The predicted molar refractivity (Wildman–Crippen MR) is 72.1 cm³/mol. The van der Waals surface area contributed by atoms with Crippen LogP contribution in [0.15, 0.2) is 18.5 Å². The number of rotatable bonds is 5. The van der Waals surface area contributed by atoms with E-state index in [1.165, 1.54) is 17.9 Å². The summed E-state index contributed by atoms with van der Waals surface area (Å²) in [5.74, 6) is 0.440. The van der Waals surface area contributed by atoms with E-state index in [-0.39, 0.29) is 31.1 Å². The van der Waals surface area contributed by atoms with Crippen LogP contribution in [0, 0.1) is 0 Å². The Labute approximate surface area is 125 Å². The first kappa shape index (κ1) is 17.3. The maximum atomic E-state index is 12.7. The normalized spacial score (nSPS) is 11.3. The Kier molecular flexibility index (Phi) is 5.62.